The molecule has 1 aliphatic rings. The molecule has 1 fully saturated rings. The molecular formula is C13H14ClN3O4. The van der Waals surface area contributed by atoms with Crippen LogP contribution in [0.4, 0.5) is 16.2 Å². The zero-order valence-electron chi connectivity index (χ0n) is 11.1. The van der Waals surface area contributed by atoms with Gasteiger partial charge in [-0.25, -0.2) is 4.79 Å². The van der Waals surface area contributed by atoms with Crippen LogP contribution in [-0.4, -0.2) is 24.2 Å². The number of benzene rings is 1. The Labute approximate surface area is 126 Å². The van der Waals surface area contributed by atoms with Gasteiger partial charge in [0.15, 0.2) is 0 Å². The topological polar surface area (TPSA) is 93.5 Å². The first-order valence-corrected chi connectivity index (χ1v) is 6.71. The number of anilines is 1. The highest BCUT2D eigenvalue weighted by molar-refractivity contribution is 6.32. The van der Waals surface area contributed by atoms with Crippen LogP contribution in [0.25, 0.3) is 0 Å². The molecule has 0 unspecified atom stereocenters. The number of hydrogen-bond donors (Lipinski definition) is 2. The first kappa shape index (κ1) is 15.3. The molecule has 2 N–H and O–H groups in total. The second kappa shape index (κ2) is 7.05. The van der Waals surface area contributed by atoms with E-state index in [1.54, 1.807) is 6.20 Å². The highest BCUT2D eigenvalue weighted by atomic mass is 35.5. The predicted octanol–water partition coefficient (Wildman–Crippen LogP) is 3.06. The van der Waals surface area contributed by atoms with Crippen LogP contribution in [0.1, 0.15) is 12.8 Å². The number of hydrogen-bond acceptors (Lipinski definition) is 4. The molecular weight excluding hydrogens is 298 g/mol. The van der Waals surface area contributed by atoms with E-state index in [1.165, 1.54) is 18.2 Å². The molecule has 112 valence electrons. The minimum absolute atomic E-state index is 0.0234. The standard InChI is InChI=1S/C13H14ClN3O4/c14-11-2-1-10(7-12(11)17(19)20)16-13(18)15-8-9-3-5-21-6-4-9/h1-2,7-8H,3-6H2,(H2,15,16,18). The normalized spacial score (nSPS) is 14.4. The van der Waals surface area contributed by atoms with Gasteiger partial charge in [0.1, 0.15) is 5.02 Å². The van der Waals surface area contributed by atoms with Crippen molar-refractivity contribution < 1.29 is 14.5 Å². The summed E-state index contributed by atoms with van der Waals surface area (Å²) in [6.07, 6.45) is 3.21. The third-order valence-corrected chi connectivity index (χ3v) is 3.26. The Hall–Kier alpha value is -2.12. The Morgan fingerprint density at radius 2 is 2.10 bits per heavy atom. The molecule has 0 radical (unpaired) electrons. The second-order valence-electron chi connectivity index (χ2n) is 4.44. The quantitative estimate of drug-likeness (QED) is 0.662. The largest absolute Gasteiger partial charge is 0.381 e. The van der Waals surface area contributed by atoms with Crippen molar-refractivity contribution >= 4 is 29.0 Å². The Morgan fingerprint density at radius 3 is 2.76 bits per heavy atom. The van der Waals surface area contributed by atoms with Crippen LogP contribution >= 0.6 is 11.6 Å². The van der Waals surface area contributed by atoms with Crippen molar-refractivity contribution in [1.82, 2.24) is 5.32 Å². The maximum absolute atomic E-state index is 11.7. The fourth-order valence-corrected chi connectivity index (χ4v) is 2.03. The van der Waals surface area contributed by atoms with Crippen molar-refractivity contribution in [2.75, 3.05) is 18.5 Å². The van der Waals surface area contributed by atoms with Gasteiger partial charge < -0.3 is 15.4 Å². The van der Waals surface area contributed by atoms with Crippen LogP contribution in [0, 0.1) is 10.1 Å². The number of amides is 2. The molecule has 0 atom stereocenters. The number of halogens is 1. The monoisotopic (exact) mass is 311 g/mol. The molecule has 1 aromatic carbocycles. The molecule has 8 heteroatoms. The summed E-state index contributed by atoms with van der Waals surface area (Å²) in [5.41, 5.74) is 1.14. The van der Waals surface area contributed by atoms with Gasteiger partial charge in [0.2, 0.25) is 0 Å². The first-order chi connectivity index (χ1) is 10.1. The lowest BCUT2D eigenvalue weighted by Crippen LogP contribution is -2.25. The third-order valence-electron chi connectivity index (χ3n) is 2.94. The summed E-state index contributed by atoms with van der Waals surface area (Å²) < 4.78 is 5.20. The van der Waals surface area contributed by atoms with Gasteiger partial charge in [-0.1, -0.05) is 11.6 Å². The molecule has 0 aliphatic carbocycles. The Balaban J connectivity index is 1.96. The van der Waals surface area contributed by atoms with Gasteiger partial charge in [-0.15, -0.1) is 0 Å². The molecule has 0 bridgehead atoms. The summed E-state index contributed by atoms with van der Waals surface area (Å²) in [6, 6.07) is 3.61. The number of rotatable bonds is 3. The Kier molecular flexibility index (Phi) is 5.13. The summed E-state index contributed by atoms with van der Waals surface area (Å²) in [5, 5.41) is 15.9. The van der Waals surface area contributed by atoms with Gasteiger partial charge in [-0.05, 0) is 30.5 Å². The van der Waals surface area contributed by atoms with Gasteiger partial charge in [0.25, 0.3) is 5.69 Å². The SMILES string of the molecule is O=C(NC=C1CCOCC1)Nc1ccc(Cl)c([N+](=O)[O-])c1. The molecule has 1 aliphatic heterocycles. The Bertz CT molecular complexity index is 581. The average molecular weight is 312 g/mol. The van der Waals surface area contributed by atoms with Crippen molar-refractivity contribution in [1.29, 1.82) is 0 Å². The number of ether oxygens (including phenoxy) is 1. The van der Waals surface area contributed by atoms with Crippen molar-refractivity contribution in [3.63, 3.8) is 0 Å². The zero-order valence-corrected chi connectivity index (χ0v) is 11.9. The fraction of sp³-hybridized carbons (Fsp3) is 0.308. The van der Waals surface area contributed by atoms with Gasteiger partial charge in [-0.2, -0.15) is 0 Å². The first-order valence-electron chi connectivity index (χ1n) is 6.33. The van der Waals surface area contributed by atoms with E-state index >= 15 is 0 Å². The van der Waals surface area contributed by atoms with Gasteiger partial charge in [-0.3, -0.25) is 10.1 Å². The zero-order chi connectivity index (χ0) is 15.2. The van der Waals surface area contributed by atoms with E-state index in [0.29, 0.717) is 18.9 Å². The lowest BCUT2D eigenvalue weighted by Gasteiger charge is -2.14. The van der Waals surface area contributed by atoms with Crippen LogP contribution in [0.5, 0.6) is 0 Å². The lowest BCUT2D eigenvalue weighted by atomic mass is 10.1. The minimum atomic E-state index is -0.602. The van der Waals surface area contributed by atoms with Crippen molar-refractivity contribution in [2.45, 2.75) is 12.8 Å². The minimum Gasteiger partial charge on any atom is -0.381 e. The smallest absolute Gasteiger partial charge is 0.323 e. The van der Waals surface area contributed by atoms with E-state index in [-0.39, 0.29) is 10.7 Å². The summed E-state index contributed by atoms with van der Waals surface area (Å²) in [4.78, 5) is 21.9. The summed E-state index contributed by atoms with van der Waals surface area (Å²) in [6.45, 7) is 1.30. The lowest BCUT2D eigenvalue weighted by molar-refractivity contribution is -0.384. The third kappa shape index (κ3) is 4.44. The fourth-order valence-electron chi connectivity index (χ4n) is 1.84. The molecule has 0 saturated carbocycles. The summed E-state index contributed by atoms with van der Waals surface area (Å²) >= 11 is 5.70. The number of nitrogens with zero attached hydrogens (tertiary/aromatic N) is 1. The van der Waals surface area contributed by atoms with Crippen molar-refractivity contribution in [3.05, 3.63) is 45.1 Å². The van der Waals surface area contributed by atoms with E-state index < -0.39 is 11.0 Å². The van der Waals surface area contributed by atoms with Crippen LogP contribution in [0.15, 0.2) is 30.0 Å². The second-order valence-corrected chi connectivity index (χ2v) is 4.84. The van der Waals surface area contributed by atoms with E-state index in [9.17, 15) is 14.9 Å². The number of carbonyl (C=O) groups is 1. The molecule has 7 nitrogen and oxygen atoms in total. The van der Waals surface area contributed by atoms with Gasteiger partial charge >= 0.3 is 6.03 Å². The van der Waals surface area contributed by atoms with Gasteiger partial charge in [0.05, 0.1) is 18.1 Å². The molecule has 21 heavy (non-hydrogen) atoms. The molecule has 1 saturated heterocycles. The highest BCUT2D eigenvalue weighted by Gasteiger charge is 2.13. The van der Waals surface area contributed by atoms with E-state index in [1.807, 2.05) is 0 Å². The van der Waals surface area contributed by atoms with E-state index in [4.69, 9.17) is 16.3 Å². The molecule has 0 spiro atoms. The molecule has 1 heterocycles. The number of nitrogens with one attached hydrogen (secondary N) is 2. The van der Waals surface area contributed by atoms with Crippen LogP contribution in [0.3, 0.4) is 0 Å². The van der Waals surface area contributed by atoms with Crippen LogP contribution < -0.4 is 10.6 Å². The summed E-state index contributed by atoms with van der Waals surface area (Å²) in [5.74, 6) is 0. The maximum atomic E-state index is 11.7. The number of nitro groups is 1. The number of nitro benzene ring substituents is 1. The van der Waals surface area contributed by atoms with Crippen molar-refractivity contribution in [2.24, 2.45) is 0 Å². The maximum Gasteiger partial charge on any atom is 0.323 e. The van der Waals surface area contributed by atoms with Crippen LogP contribution in [0.2, 0.25) is 5.02 Å². The Morgan fingerprint density at radius 1 is 1.38 bits per heavy atom. The number of urea groups is 1. The molecule has 2 amide bonds. The molecule has 0 aromatic heterocycles. The predicted molar refractivity (Wildman–Crippen MR) is 78.4 cm³/mol. The number of carbonyl (C=O) groups excluding carboxylic acids is 1. The summed E-state index contributed by atoms with van der Waals surface area (Å²) in [7, 11) is 0. The molecule has 1 aromatic rings. The highest BCUT2D eigenvalue weighted by Crippen LogP contribution is 2.27. The average Bonchev–Trinajstić information content (AvgIpc) is 2.48. The van der Waals surface area contributed by atoms with E-state index in [0.717, 1.165) is 18.4 Å². The van der Waals surface area contributed by atoms with Crippen molar-refractivity contribution in [3.8, 4) is 0 Å². The van der Waals surface area contributed by atoms with Gasteiger partial charge in [0, 0.05) is 18.0 Å². The van der Waals surface area contributed by atoms with Crippen LogP contribution in [-0.2, 0) is 4.74 Å². The molecule has 2 rings (SSSR count). The van der Waals surface area contributed by atoms with E-state index in [2.05, 4.69) is 10.6 Å².